The Morgan fingerprint density at radius 3 is 2.04 bits per heavy atom. The molecule has 0 aromatic heterocycles. The molecule has 0 aliphatic carbocycles. The first-order valence-electron chi connectivity index (χ1n) is 17.0. The van der Waals surface area contributed by atoms with Crippen LogP contribution < -0.4 is 55.3 Å². The van der Waals surface area contributed by atoms with Gasteiger partial charge in [0.2, 0.25) is 41.4 Å². The van der Waals surface area contributed by atoms with Crippen LogP contribution in [0.5, 0.6) is 0 Å². The zero-order chi connectivity index (χ0) is 38.9. The summed E-state index contributed by atoms with van der Waals surface area (Å²) in [6.07, 6.45) is 2.68. The van der Waals surface area contributed by atoms with E-state index in [4.69, 9.17) is 28.7 Å². The summed E-state index contributed by atoms with van der Waals surface area (Å²) >= 11 is 0. The quantitative estimate of drug-likeness (QED) is 0.0212. The Labute approximate surface area is 299 Å². The number of hydrogen-bond acceptors (Lipinski definition) is 10. The highest BCUT2D eigenvalue weighted by molar-refractivity contribution is 5.98. The Morgan fingerprint density at radius 2 is 1.49 bits per heavy atom. The van der Waals surface area contributed by atoms with Crippen molar-refractivity contribution in [2.75, 3.05) is 33.2 Å². The lowest BCUT2D eigenvalue weighted by molar-refractivity contribution is -0.138. The van der Waals surface area contributed by atoms with Crippen LogP contribution in [0.2, 0.25) is 0 Å². The molecule has 7 amide bonds. The van der Waals surface area contributed by atoms with Crippen molar-refractivity contribution < 1.29 is 33.6 Å². The minimum Gasteiger partial charge on any atom is -0.370 e. The van der Waals surface area contributed by atoms with Crippen molar-refractivity contribution in [3.8, 4) is 0 Å². The number of rotatable bonds is 23. The smallest absolute Gasteiger partial charge is 0.247 e. The number of likely N-dealkylation sites (N-methyl/N-ethyl adjacent to an activating group) is 1. The number of nitrogens with one attached hydrogen (secondary N) is 5. The predicted octanol–water partition coefficient (Wildman–Crippen LogP) is -3.72. The number of carbonyl (C=O) groups excluding carboxylic acids is 7. The van der Waals surface area contributed by atoms with Crippen LogP contribution in [-0.2, 0) is 33.6 Å². The number of hydrogen-bond donors (Lipinski definition) is 10. The molecule has 19 nitrogen and oxygen atoms in total. The largest absolute Gasteiger partial charge is 0.370 e. The second-order valence-electron chi connectivity index (χ2n) is 13.4. The highest BCUT2D eigenvalue weighted by atomic mass is 16.2. The highest BCUT2D eigenvalue weighted by Crippen LogP contribution is 2.24. The first kappa shape index (κ1) is 44.2. The maximum atomic E-state index is 14.2. The Morgan fingerprint density at radius 1 is 0.843 bits per heavy atom. The molecular weight excluding hydrogens is 664 g/mol. The molecule has 288 valence electrons. The van der Waals surface area contributed by atoms with Crippen LogP contribution in [0, 0.1) is 5.92 Å². The van der Waals surface area contributed by atoms with Gasteiger partial charge in [-0.05, 0) is 58.9 Å². The summed E-state index contributed by atoms with van der Waals surface area (Å²) in [5.74, 6) is -5.37. The zero-order valence-electron chi connectivity index (χ0n) is 30.4. The van der Waals surface area contributed by atoms with Crippen molar-refractivity contribution in [1.82, 2.24) is 31.5 Å². The second kappa shape index (κ2) is 21.4. The molecule has 1 aliphatic rings. The highest BCUT2D eigenvalue weighted by Gasteiger charge is 2.47. The Balaban J connectivity index is 3.43. The molecule has 0 spiro atoms. The summed E-state index contributed by atoms with van der Waals surface area (Å²) in [7, 11) is 1.61. The summed E-state index contributed by atoms with van der Waals surface area (Å²) in [4.78, 5) is 95.3. The van der Waals surface area contributed by atoms with E-state index in [0.29, 0.717) is 19.6 Å². The number of primary amides is 3. The van der Waals surface area contributed by atoms with Gasteiger partial charge in [0.25, 0.3) is 0 Å². The van der Waals surface area contributed by atoms with Crippen molar-refractivity contribution in [2.45, 2.75) is 102 Å². The maximum Gasteiger partial charge on any atom is 0.247 e. The fraction of sp³-hybridized carbons (Fsp3) is 0.688. The average molecular weight is 723 g/mol. The summed E-state index contributed by atoms with van der Waals surface area (Å²) in [6, 6.07) is -4.48. The van der Waals surface area contributed by atoms with Gasteiger partial charge >= 0.3 is 0 Å². The van der Waals surface area contributed by atoms with Crippen molar-refractivity contribution in [3.63, 3.8) is 0 Å². The van der Waals surface area contributed by atoms with Crippen LogP contribution in [0.25, 0.3) is 0 Å². The van der Waals surface area contributed by atoms with Gasteiger partial charge in [-0.2, -0.15) is 0 Å². The summed E-state index contributed by atoms with van der Waals surface area (Å²) in [5, 5.41) is 13.4. The molecule has 1 saturated heterocycles. The van der Waals surface area contributed by atoms with Gasteiger partial charge in [0.1, 0.15) is 23.7 Å². The molecule has 1 heterocycles. The lowest BCUT2D eigenvalue weighted by Gasteiger charge is -2.33. The SMILES string of the molecule is CN[C@@H](C)C(=O)N[C@@H](CC(C)C)C(=O)N[C@@]1(C(=O)N[C@@H](CCC(N)=O)C(=O)N[C@@H](CC(N)=O)C(N)=O)CCN(C/C=C(/C)CCCN=C(N)N)C1. The molecule has 0 aromatic rings. The number of aliphatic imine (C=N–C) groups is 1. The number of allylic oxidation sites excluding steroid dienone is 1. The third kappa shape index (κ3) is 16.2. The molecule has 19 heteroatoms. The minimum absolute atomic E-state index is 0.00336. The van der Waals surface area contributed by atoms with Gasteiger partial charge in [-0.3, -0.25) is 43.5 Å². The Kier molecular flexibility index (Phi) is 18.6. The lowest BCUT2D eigenvalue weighted by atomic mass is 9.94. The number of guanidine groups is 1. The second-order valence-corrected chi connectivity index (χ2v) is 13.4. The van der Waals surface area contributed by atoms with Crippen LogP contribution in [-0.4, -0.2) is 115 Å². The van der Waals surface area contributed by atoms with Crippen molar-refractivity contribution >= 4 is 47.3 Å². The Hall–Kier alpha value is -4.78. The molecule has 0 radical (unpaired) electrons. The molecule has 1 fully saturated rings. The van der Waals surface area contributed by atoms with Gasteiger partial charge in [-0.25, -0.2) is 0 Å². The van der Waals surface area contributed by atoms with Crippen LogP contribution >= 0.6 is 0 Å². The van der Waals surface area contributed by atoms with Gasteiger partial charge in [0.15, 0.2) is 5.96 Å². The van der Waals surface area contributed by atoms with Gasteiger partial charge in [-0.15, -0.1) is 0 Å². The number of likely N-dealkylation sites (tertiary alicyclic amines) is 1. The van der Waals surface area contributed by atoms with Crippen LogP contribution in [0.3, 0.4) is 0 Å². The first-order valence-corrected chi connectivity index (χ1v) is 17.0. The fourth-order valence-corrected chi connectivity index (χ4v) is 5.34. The van der Waals surface area contributed by atoms with Crippen LogP contribution in [0.15, 0.2) is 16.6 Å². The molecule has 0 aromatic carbocycles. The molecule has 15 N–H and O–H groups in total. The molecule has 51 heavy (non-hydrogen) atoms. The molecule has 1 aliphatic heterocycles. The van der Waals surface area contributed by atoms with E-state index in [1.165, 1.54) is 0 Å². The van der Waals surface area contributed by atoms with Gasteiger partial charge in [0.05, 0.1) is 12.5 Å². The summed E-state index contributed by atoms with van der Waals surface area (Å²) in [5.41, 5.74) is 26.1. The Bertz CT molecular complexity index is 1320. The van der Waals surface area contributed by atoms with Gasteiger partial charge in [0, 0.05) is 32.6 Å². The number of carbonyl (C=O) groups is 7. The van der Waals surface area contributed by atoms with Gasteiger partial charge < -0.3 is 55.3 Å². The summed E-state index contributed by atoms with van der Waals surface area (Å²) < 4.78 is 0. The molecule has 0 bridgehead atoms. The standard InChI is InChI=1S/C32H58N12O7/c1-18(2)15-23(41-27(48)20(4)38-5)29(50)43-32(11-14-44(17-32)13-10-19(3)7-6-12-39-31(36)37)30(51)42-21(8-9-24(33)45)28(49)40-22(26(35)47)16-25(34)46/h10,18,20-23,38H,6-9,11-17H2,1-5H3,(H2,33,45)(H2,34,46)(H2,35,47)(H,40,49)(H,41,48)(H,42,51)(H,43,50)(H4,36,37,39)/b19-10-/t20-,21-,22-,23-,32-/m0/s1. The molecule has 0 unspecified atom stereocenters. The maximum absolute atomic E-state index is 14.2. The molecule has 5 atom stereocenters. The van der Waals surface area contributed by atoms with Crippen molar-refractivity contribution in [2.24, 2.45) is 39.6 Å². The molecular formula is C32H58N12O7. The van der Waals surface area contributed by atoms with E-state index in [1.807, 2.05) is 31.7 Å². The number of nitrogens with two attached hydrogens (primary N) is 5. The first-order chi connectivity index (χ1) is 23.8. The zero-order valence-corrected chi connectivity index (χ0v) is 30.4. The number of amides is 7. The molecule has 0 saturated carbocycles. The van der Waals surface area contributed by atoms with Crippen molar-refractivity contribution in [3.05, 3.63) is 11.6 Å². The minimum atomic E-state index is -1.58. The third-order valence-electron chi connectivity index (χ3n) is 8.40. The van der Waals surface area contributed by atoms with E-state index in [0.717, 1.165) is 18.4 Å². The predicted molar refractivity (Wildman–Crippen MR) is 191 cm³/mol. The van der Waals surface area contributed by atoms with E-state index in [2.05, 4.69) is 31.6 Å². The summed E-state index contributed by atoms with van der Waals surface area (Å²) in [6.45, 7) is 8.70. The van der Waals surface area contributed by atoms with Crippen molar-refractivity contribution in [1.29, 1.82) is 0 Å². The van der Waals surface area contributed by atoms with Crippen LogP contribution in [0.1, 0.15) is 72.6 Å². The van der Waals surface area contributed by atoms with Gasteiger partial charge in [-0.1, -0.05) is 25.5 Å². The van der Waals surface area contributed by atoms with E-state index < -0.39 is 77.5 Å². The average Bonchev–Trinajstić information content (AvgIpc) is 3.45. The van der Waals surface area contributed by atoms with Crippen LogP contribution in [0.4, 0.5) is 0 Å². The monoisotopic (exact) mass is 722 g/mol. The van der Waals surface area contributed by atoms with E-state index >= 15 is 0 Å². The fourth-order valence-electron chi connectivity index (χ4n) is 5.34. The lowest BCUT2D eigenvalue weighted by Crippen LogP contribution is -2.66. The third-order valence-corrected chi connectivity index (χ3v) is 8.40. The normalized spacial score (nSPS) is 18.5. The van der Waals surface area contributed by atoms with E-state index in [-0.39, 0.29) is 44.1 Å². The van der Waals surface area contributed by atoms with E-state index in [1.54, 1.807) is 14.0 Å². The molecule has 1 rings (SSSR count). The van der Waals surface area contributed by atoms with E-state index in [9.17, 15) is 33.6 Å². The number of nitrogens with zero attached hydrogens (tertiary/aromatic N) is 2. The topological polar surface area (TPSA) is 325 Å².